The summed E-state index contributed by atoms with van der Waals surface area (Å²) in [6.07, 6.45) is 0.0583. The molecule has 2 aromatic rings. The Labute approximate surface area is 99.6 Å². The van der Waals surface area contributed by atoms with E-state index in [2.05, 4.69) is 4.74 Å². The van der Waals surface area contributed by atoms with Crippen LogP contribution in [0.3, 0.4) is 0 Å². The van der Waals surface area contributed by atoms with E-state index in [-0.39, 0.29) is 24.3 Å². The summed E-state index contributed by atoms with van der Waals surface area (Å²) in [6, 6.07) is 4.65. The van der Waals surface area contributed by atoms with E-state index in [1.165, 1.54) is 19.2 Å². The van der Waals surface area contributed by atoms with Crippen LogP contribution < -0.4 is 5.76 Å². The van der Waals surface area contributed by atoms with Crippen LogP contribution >= 0.6 is 12.3 Å². The molecule has 17 heavy (non-hydrogen) atoms. The Morgan fingerprint density at radius 1 is 1.59 bits per heavy atom. The number of nitrogens with zero attached hydrogens (tertiary/aromatic N) is 1. The van der Waals surface area contributed by atoms with Crippen LogP contribution in [0.4, 0.5) is 3.89 Å². The number of hydrogen-bond donors (Lipinski definition) is 0. The highest BCUT2D eigenvalue weighted by atomic mass is 32.2. The number of hydrogen-bond acceptors (Lipinski definition) is 5. The lowest BCUT2D eigenvalue weighted by atomic mass is 10.1. The third-order valence-electron chi connectivity index (χ3n) is 2.25. The molecule has 1 aromatic carbocycles. The van der Waals surface area contributed by atoms with Gasteiger partial charge in [0.15, 0.2) is 17.9 Å². The van der Waals surface area contributed by atoms with E-state index in [1.54, 1.807) is 6.07 Å². The van der Waals surface area contributed by atoms with Gasteiger partial charge >= 0.3 is 11.7 Å². The van der Waals surface area contributed by atoms with Gasteiger partial charge in [-0.1, -0.05) is 6.07 Å². The Morgan fingerprint density at radius 3 is 3.00 bits per heavy atom. The maximum absolute atomic E-state index is 12.5. The number of oxazole rings is 1. The average Bonchev–Trinajstić information content (AvgIpc) is 2.63. The first-order valence-electron chi connectivity index (χ1n) is 4.66. The largest absolute Gasteiger partial charge is 0.469 e. The molecule has 0 bridgehead atoms. The number of aromatic nitrogens is 1. The molecule has 0 saturated heterocycles. The lowest BCUT2D eigenvalue weighted by molar-refractivity contribution is -0.139. The van der Waals surface area contributed by atoms with Gasteiger partial charge in [-0.15, -0.1) is 3.89 Å². The van der Waals surface area contributed by atoms with Crippen LogP contribution in [0.2, 0.25) is 0 Å². The standard InChI is InChI=1S/C10H8FNO4S/c1-15-9(13)5-6-2-3-8-7(4-6)12(17-11)10(14)16-8/h2-4H,5H2,1H3. The van der Waals surface area contributed by atoms with Gasteiger partial charge in [0.2, 0.25) is 0 Å². The summed E-state index contributed by atoms with van der Waals surface area (Å²) < 4.78 is 22.6. The summed E-state index contributed by atoms with van der Waals surface area (Å²) in [6.45, 7) is 0. The molecule has 1 aromatic heterocycles. The predicted molar refractivity (Wildman–Crippen MR) is 60.3 cm³/mol. The van der Waals surface area contributed by atoms with E-state index >= 15 is 0 Å². The first-order chi connectivity index (χ1) is 8.15. The molecule has 90 valence electrons. The normalized spacial score (nSPS) is 10.7. The second kappa shape index (κ2) is 4.62. The number of esters is 1. The molecule has 1 heterocycles. The van der Waals surface area contributed by atoms with Crippen molar-refractivity contribution in [1.29, 1.82) is 0 Å². The molecule has 0 fully saturated rings. The Balaban J connectivity index is 2.48. The van der Waals surface area contributed by atoms with Gasteiger partial charge in [0.1, 0.15) is 5.52 Å². The van der Waals surface area contributed by atoms with Gasteiger partial charge < -0.3 is 9.15 Å². The van der Waals surface area contributed by atoms with Crippen molar-refractivity contribution in [3.63, 3.8) is 0 Å². The molecule has 2 rings (SSSR count). The van der Waals surface area contributed by atoms with Crippen molar-refractivity contribution in [3.8, 4) is 0 Å². The van der Waals surface area contributed by atoms with E-state index in [9.17, 15) is 13.5 Å². The summed E-state index contributed by atoms with van der Waals surface area (Å²) in [4.78, 5) is 22.3. The number of methoxy groups -OCH3 is 1. The zero-order chi connectivity index (χ0) is 12.4. The fraction of sp³-hybridized carbons (Fsp3) is 0.200. The molecule has 0 aliphatic rings. The monoisotopic (exact) mass is 257 g/mol. The fourth-order valence-corrected chi connectivity index (χ4v) is 1.77. The van der Waals surface area contributed by atoms with Crippen LogP contribution in [-0.2, 0) is 16.0 Å². The zero-order valence-electron chi connectivity index (χ0n) is 8.81. The fourth-order valence-electron chi connectivity index (χ4n) is 1.46. The van der Waals surface area contributed by atoms with Crippen molar-refractivity contribution >= 4 is 29.4 Å². The first-order valence-corrected chi connectivity index (χ1v) is 5.33. The second-order valence-corrected chi connectivity index (χ2v) is 3.79. The Hall–Kier alpha value is -1.76. The summed E-state index contributed by atoms with van der Waals surface area (Å²) >= 11 is -0.241. The van der Waals surface area contributed by atoms with Crippen molar-refractivity contribution in [2.45, 2.75) is 6.42 Å². The quantitative estimate of drug-likeness (QED) is 0.783. The van der Waals surface area contributed by atoms with Crippen LogP contribution in [0.1, 0.15) is 5.56 Å². The van der Waals surface area contributed by atoms with Crippen molar-refractivity contribution in [3.05, 3.63) is 34.3 Å². The minimum atomic E-state index is -0.789. The van der Waals surface area contributed by atoms with Crippen molar-refractivity contribution < 1.29 is 17.8 Å². The minimum absolute atomic E-state index is 0.0583. The van der Waals surface area contributed by atoms with E-state index < -0.39 is 11.7 Å². The summed E-state index contributed by atoms with van der Waals surface area (Å²) in [7, 11) is 1.28. The van der Waals surface area contributed by atoms with Crippen LogP contribution in [0.25, 0.3) is 11.1 Å². The zero-order valence-corrected chi connectivity index (χ0v) is 9.62. The first kappa shape index (κ1) is 11.7. The van der Waals surface area contributed by atoms with Crippen LogP contribution in [0, 0.1) is 0 Å². The Kier molecular flexibility index (Phi) is 3.19. The average molecular weight is 257 g/mol. The molecular weight excluding hydrogens is 249 g/mol. The maximum atomic E-state index is 12.5. The van der Waals surface area contributed by atoms with E-state index in [4.69, 9.17) is 4.42 Å². The number of fused-ring (bicyclic) bond motifs is 1. The summed E-state index contributed by atoms with van der Waals surface area (Å²) in [5.41, 5.74) is 1.19. The van der Waals surface area contributed by atoms with E-state index in [0.717, 1.165) is 3.97 Å². The topological polar surface area (TPSA) is 61.4 Å². The smallest absolute Gasteiger partial charge is 0.432 e. The molecule has 5 nitrogen and oxygen atoms in total. The van der Waals surface area contributed by atoms with Gasteiger partial charge in [0, 0.05) is 0 Å². The Morgan fingerprint density at radius 2 is 2.35 bits per heavy atom. The SMILES string of the molecule is COC(=O)Cc1ccc2oc(=O)n(SF)c2c1. The summed E-state index contributed by atoms with van der Waals surface area (Å²) in [5, 5.41) is 0. The number of rotatable bonds is 3. The van der Waals surface area contributed by atoms with E-state index in [1.807, 2.05) is 0 Å². The lowest BCUT2D eigenvalue weighted by Gasteiger charge is -2.00. The van der Waals surface area contributed by atoms with E-state index in [0.29, 0.717) is 11.1 Å². The number of carbonyl (C=O) groups is 1. The third kappa shape index (κ3) is 2.19. The molecule has 7 heteroatoms. The molecule has 0 amide bonds. The molecule has 0 spiro atoms. The van der Waals surface area contributed by atoms with Crippen LogP contribution in [-0.4, -0.2) is 17.1 Å². The van der Waals surface area contributed by atoms with Crippen molar-refractivity contribution in [2.75, 3.05) is 7.11 Å². The molecule has 0 saturated carbocycles. The number of benzene rings is 1. The minimum Gasteiger partial charge on any atom is -0.469 e. The molecule has 0 atom stereocenters. The van der Waals surface area contributed by atoms with Gasteiger partial charge in [0.25, 0.3) is 0 Å². The highest BCUT2D eigenvalue weighted by molar-refractivity contribution is 7.92. The highest BCUT2D eigenvalue weighted by Crippen LogP contribution is 2.20. The van der Waals surface area contributed by atoms with Crippen molar-refractivity contribution in [2.24, 2.45) is 0 Å². The Bertz CT molecular complexity index is 618. The second-order valence-electron chi connectivity index (χ2n) is 3.29. The number of halogens is 1. The molecule has 0 unspecified atom stereocenters. The molecule has 0 aliphatic heterocycles. The number of ether oxygens (including phenoxy) is 1. The molecule has 0 aliphatic carbocycles. The van der Waals surface area contributed by atoms with Crippen LogP contribution in [0.5, 0.6) is 0 Å². The predicted octanol–water partition coefficient (Wildman–Crippen LogP) is 1.69. The van der Waals surface area contributed by atoms with Gasteiger partial charge in [-0.3, -0.25) is 4.79 Å². The molecule has 0 radical (unpaired) electrons. The van der Waals surface area contributed by atoms with Crippen molar-refractivity contribution in [1.82, 2.24) is 3.97 Å². The van der Waals surface area contributed by atoms with Gasteiger partial charge in [0.05, 0.1) is 13.5 Å². The van der Waals surface area contributed by atoms with Crippen LogP contribution in [0.15, 0.2) is 27.4 Å². The van der Waals surface area contributed by atoms with Gasteiger partial charge in [-0.2, -0.15) is 3.97 Å². The molecule has 0 N–H and O–H groups in total. The van der Waals surface area contributed by atoms with Gasteiger partial charge in [-0.05, 0) is 17.7 Å². The lowest BCUT2D eigenvalue weighted by Crippen LogP contribution is -2.06. The highest BCUT2D eigenvalue weighted by Gasteiger charge is 2.12. The van der Waals surface area contributed by atoms with Gasteiger partial charge in [-0.25, -0.2) is 4.79 Å². The molecular formula is C10H8FNO4S. The summed E-state index contributed by atoms with van der Waals surface area (Å²) in [5.74, 6) is -1.20. The number of carbonyl (C=O) groups excluding carboxylic acids is 1. The maximum Gasteiger partial charge on any atom is 0.432 e. The third-order valence-corrected chi connectivity index (χ3v) is 2.73.